The lowest BCUT2D eigenvalue weighted by atomic mass is 10.1. The van der Waals surface area contributed by atoms with Crippen LogP contribution in [0.3, 0.4) is 0 Å². The Morgan fingerprint density at radius 3 is 2.78 bits per heavy atom. The molecule has 1 aromatic heterocycles. The Hall–Kier alpha value is -1.92. The van der Waals surface area contributed by atoms with Gasteiger partial charge in [0, 0.05) is 0 Å². The van der Waals surface area contributed by atoms with Gasteiger partial charge >= 0.3 is 0 Å². The highest BCUT2D eigenvalue weighted by atomic mass is 35.5. The number of rotatable bonds is 3. The van der Waals surface area contributed by atoms with Crippen LogP contribution in [0.1, 0.15) is 40.6 Å². The van der Waals surface area contributed by atoms with Crippen LogP contribution < -0.4 is 10.6 Å². The summed E-state index contributed by atoms with van der Waals surface area (Å²) in [4.78, 5) is 12.5. The number of anilines is 1. The minimum Gasteiger partial charge on any atom is -0.319 e. The Labute approximate surface area is 140 Å². The topological polar surface area (TPSA) is 71.8 Å². The van der Waals surface area contributed by atoms with Gasteiger partial charge in [-0.25, -0.2) is 4.68 Å². The van der Waals surface area contributed by atoms with E-state index in [4.69, 9.17) is 11.6 Å². The number of carbonyl (C=O) groups is 1. The van der Waals surface area contributed by atoms with Gasteiger partial charge in [-0.1, -0.05) is 22.9 Å². The third kappa shape index (κ3) is 3.38. The molecule has 23 heavy (non-hydrogen) atoms. The molecule has 0 spiro atoms. The molecule has 1 fully saturated rings. The summed E-state index contributed by atoms with van der Waals surface area (Å²) in [6.07, 6.45) is 1.99. The maximum absolute atomic E-state index is 12.5. The number of carbonyl (C=O) groups excluding carboxylic acids is 1. The summed E-state index contributed by atoms with van der Waals surface area (Å²) in [7, 11) is 0. The van der Waals surface area contributed by atoms with E-state index in [2.05, 4.69) is 20.9 Å². The lowest BCUT2D eigenvalue weighted by Crippen LogP contribution is -2.30. The molecule has 1 saturated heterocycles. The zero-order chi connectivity index (χ0) is 16.4. The van der Waals surface area contributed by atoms with Gasteiger partial charge in [-0.15, -0.1) is 5.10 Å². The molecule has 6 nitrogen and oxygen atoms in total. The van der Waals surface area contributed by atoms with Gasteiger partial charge in [-0.3, -0.25) is 4.79 Å². The van der Waals surface area contributed by atoms with Crippen LogP contribution >= 0.6 is 11.6 Å². The van der Waals surface area contributed by atoms with E-state index in [0.29, 0.717) is 22.4 Å². The summed E-state index contributed by atoms with van der Waals surface area (Å²) in [6, 6.07) is 5.81. The van der Waals surface area contributed by atoms with Crippen LogP contribution in [0.5, 0.6) is 0 Å². The van der Waals surface area contributed by atoms with Crippen molar-refractivity contribution < 1.29 is 4.79 Å². The van der Waals surface area contributed by atoms with Crippen LogP contribution in [0.15, 0.2) is 18.2 Å². The molecule has 1 aliphatic heterocycles. The maximum atomic E-state index is 12.5. The first kappa shape index (κ1) is 16.0. The standard InChI is InChI=1S/C16H20ClN5O/c1-10-3-4-14(13(17)9-10)19-16(23)15-11(2)22(21-20-15)12-5-7-18-8-6-12/h3-4,9,12,18H,5-8H2,1-2H3,(H,19,23). The summed E-state index contributed by atoms with van der Waals surface area (Å²) in [5.41, 5.74) is 2.76. The number of hydrogen-bond donors (Lipinski definition) is 2. The molecule has 1 aliphatic rings. The average molecular weight is 334 g/mol. The molecule has 2 aromatic rings. The van der Waals surface area contributed by atoms with Gasteiger partial charge in [0.25, 0.3) is 5.91 Å². The summed E-state index contributed by atoms with van der Waals surface area (Å²) < 4.78 is 1.87. The van der Waals surface area contributed by atoms with Gasteiger partial charge in [-0.05, 0) is 57.5 Å². The Kier molecular flexibility index (Phi) is 4.63. The predicted molar refractivity (Wildman–Crippen MR) is 90.0 cm³/mol. The van der Waals surface area contributed by atoms with Crippen molar-refractivity contribution in [3.8, 4) is 0 Å². The first-order chi connectivity index (χ1) is 11.1. The molecule has 7 heteroatoms. The van der Waals surface area contributed by atoms with Gasteiger partial charge in [0.1, 0.15) is 0 Å². The molecule has 2 N–H and O–H groups in total. The third-order valence-corrected chi connectivity index (χ3v) is 4.48. The highest BCUT2D eigenvalue weighted by Crippen LogP contribution is 2.24. The Morgan fingerprint density at radius 2 is 2.09 bits per heavy atom. The molecule has 0 unspecified atom stereocenters. The van der Waals surface area contributed by atoms with Gasteiger partial charge in [0.2, 0.25) is 0 Å². The minimum absolute atomic E-state index is 0.284. The number of piperidine rings is 1. The quantitative estimate of drug-likeness (QED) is 0.906. The van der Waals surface area contributed by atoms with Crippen molar-refractivity contribution in [2.75, 3.05) is 18.4 Å². The van der Waals surface area contributed by atoms with Crippen molar-refractivity contribution in [2.24, 2.45) is 0 Å². The molecule has 0 bridgehead atoms. The maximum Gasteiger partial charge on any atom is 0.278 e. The number of aromatic nitrogens is 3. The second-order valence-corrected chi connectivity index (χ2v) is 6.29. The van der Waals surface area contributed by atoms with E-state index in [9.17, 15) is 4.79 Å². The van der Waals surface area contributed by atoms with Gasteiger partial charge in [0.15, 0.2) is 5.69 Å². The smallest absolute Gasteiger partial charge is 0.278 e. The van der Waals surface area contributed by atoms with Crippen LogP contribution in [-0.2, 0) is 0 Å². The third-order valence-electron chi connectivity index (χ3n) is 4.17. The summed E-state index contributed by atoms with van der Waals surface area (Å²) >= 11 is 6.16. The number of halogens is 1. The lowest BCUT2D eigenvalue weighted by molar-refractivity contribution is 0.102. The van der Waals surface area contributed by atoms with Crippen molar-refractivity contribution in [1.29, 1.82) is 0 Å². The molecule has 122 valence electrons. The first-order valence-electron chi connectivity index (χ1n) is 7.76. The minimum atomic E-state index is -0.284. The summed E-state index contributed by atoms with van der Waals surface area (Å²) in [5, 5.41) is 14.9. The van der Waals surface area contributed by atoms with E-state index < -0.39 is 0 Å². The number of amides is 1. The molecule has 0 atom stereocenters. The molecule has 0 saturated carbocycles. The number of aryl methyl sites for hydroxylation is 1. The molecule has 3 rings (SSSR count). The summed E-state index contributed by atoms with van der Waals surface area (Å²) in [6.45, 7) is 5.76. The van der Waals surface area contributed by atoms with Crippen LogP contribution in [0.25, 0.3) is 0 Å². The van der Waals surface area contributed by atoms with E-state index in [-0.39, 0.29) is 5.91 Å². The number of benzene rings is 1. The average Bonchev–Trinajstić information content (AvgIpc) is 2.92. The zero-order valence-electron chi connectivity index (χ0n) is 13.3. The van der Waals surface area contributed by atoms with Crippen molar-refractivity contribution in [3.05, 3.63) is 40.2 Å². The molecular weight excluding hydrogens is 314 g/mol. The van der Waals surface area contributed by atoms with E-state index in [1.54, 1.807) is 6.07 Å². The largest absolute Gasteiger partial charge is 0.319 e. The highest BCUT2D eigenvalue weighted by Gasteiger charge is 2.23. The van der Waals surface area contributed by atoms with Gasteiger partial charge < -0.3 is 10.6 Å². The lowest BCUT2D eigenvalue weighted by Gasteiger charge is -2.23. The van der Waals surface area contributed by atoms with Gasteiger partial charge in [-0.2, -0.15) is 0 Å². The number of hydrogen-bond acceptors (Lipinski definition) is 4. The summed E-state index contributed by atoms with van der Waals surface area (Å²) in [5.74, 6) is -0.284. The van der Waals surface area contributed by atoms with Crippen LogP contribution in [0, 0.1) is 13.8 Å². The Bertz CT molecular complexity index is 721. The van der Waals surface area contributed by atoms with Crippen molar-refractivity contribution in [3.63, 3.8) is 0 Å². The molecule has 2 heterocycles. The number of nitrogens with zero attached hydrogens (tertiary/aromatic N) is 3. The highest BCUT2D eigenvalue weighted by molar-refractivity contribution is 6.34. The second kappa shape index (κ2) is 6.68. The fraction of sp³-hybridized carbons (Fsp3) is 0.438. The number of nitrogens with one attached hydrogen (secondary N) is 2. The second-order valence-electron chi connectivity index (χ2n) is 5.89. The van der Waals surface area contributed by atoms with E-state index in [1.807, 2.05) is 30.7 Å². The molecule has 0 aliphatic carbocycles. The Morgan fingerprint density at radius 1 is 1.35 bits per heavy atom. The molecular formula is C16H20ClN5O. The molecule has 0 radical (unpaired) electrons. The van der Waals surface area contributed by atoms with Crippen LogP contribution in [0.2, 0.25) is 5.02 Å². The fourth-order valence-corrected chi connectivity index (χ4v) is 3.13. The van der Waals surface area contributed by atoms with Crippen LogP contribution in [0.4, 0.5) is 5.69 Å². The fourth-order valence-electron chi connectivity index (χ4n) is 2.85. The molecule has 1 amide bonds. The van der Waals surface area contributed by atoms with Crippen molar-refractivity contribution in [1.82, 2.24) is 20.3 Å². The van der Waals surface area contributed by atoms with E-state index in [0.717, 1.165) is 37.2 Å². The zero-order valence-corrected chi connectivity index (χ0v) is 14.0. The van der Waals surface area contributed by atoms with Crippen molar-refractivity contribution >= 4 is 23.2 Å². The van der Waals surface area contributed by atoms with Crippen molar-refractivity contribution in [2.45, 2.75) is 32.7 Å². The van der Waals surface area contributed by atoms with Crippen LogP contribution in [-0.4, -0.2) is 34.0 Å². The van der Waals surface area contributed by atoms with E-state index in [1.165, 1.54) is 0 Å². The first-order valence-corrected chi connectivity index (χ1v) is 8.14. The predicted octanol–water partition coefficient (Wildman–Crippen LogP) is 2.73. The Balaban J connectivity index is 1.78. The molecule has 1 aromatic carbocycles. The van der Waals surface area contributed by atoms with E-state index >= 15 is 0 Å². The monoisotopic (exact) mass is 333 g/mol. The normalized spacial score (nSPS) is 15.6. The van der Waals surface area contributed by atoms with Gasteiger partial charge in [0.05, 0.1) is 22.4 Å². The SMILES string of the molecule is Cc1ccc(NC(=O)c2nnn(C3CCNCC3)c2C)c(Cl)c1.